The number of para-hydroxylation sites is 1. The Morgan fingerprint density at radius 1 is 0.938 bits per heavy atom. The molecule has 86 valence electrons. The second-order valence-corrected chi connectivity index (χ2v) is 3.74. The molecule has 1 fully saturated rings. The first-order chi connectivity index (χ1) is 7.86. The van der Waals surface area contributed by atoms with Gasteiger partial charge < -0.3 is 20.7 Å². The molecule has 0 unspecified atom stereocenters. The molecule has 2 heterocycles. The monoisotopic (exact) mass is 219 g/mol. The van der Waals surface area contributed by atoms with Crippen molar-refractivity contribution >= 4 is 10.9 Å². The molecule has 1 aromatic heterocycles. The molecule has 4 heteroatoms. The van der Waals surface area contributed by atoms with E-state index < -0.39 is 0 Å². The van der Waals surface area contributed by atoms with E-state index in [0.29, 0.717) is 0 Å². The number of nitrogens with one attached hydrogen (secondary N) is 3. The van der Waals surface area contributed by atoms with Crippen LogP contribution in [0.4, 0.5) is 0 Å². The molecule has 0 saturated carbocycles. The lowest BCUT2D eigenvalue weighted by molar-refractivity contribution is 0.458. The van der Waals surface area contributed by atoms with E-state index in [1.807, 2.05) is 24.3 Å². The molecule has 2 aromatic rings. The Kier molecular flexibility index (Phi) is 3.80. The van der Waals surface area contributed by atoms with Crippen LogP contribution in [-0.2, 0) is 0 Å². The summed E-state index contributed by atoms with van der Waals surface area (Å²) < 4.78 is 0. The van der Waals surface area contributed by atoms with Crippen molar-refractivity contribution in [2.75, 3.05) is 26.2 Å². The summed E-state index contributed by atoms with van der Waals surface area (Å²) in [6.45, 7) is 4.56. The van der Waals surface area contributed by atoms with E-state index in [1.165, 1.54) is 0 Å². The third-order valence-electron chi connectivity index (χ3n) is 2.47. The van der Waals surface area contributed by atoms with Crippen LogP contribution in [0.3, 0.4) is 0 Å². The highest BCUT2D eigenvalue weighted by molar-refractivity contribution is 5.80. The number of aromatic hydroxyl groups is 1. The summed E-state index contributed by atoms with van der Waals surface area (Å²) in [4.78, 5) is 2.81. The minimum Gasteiger partial charge on any atom is -0.495 e. The Labute approximate surface area is 94.7 Å². The number of piperazine rings is 1. The van der Waals surface area contributed by atoms with Crippen LogP contribution in [0.25, 0.3) is 10.9 Å². The van der Waals surface area contributed by atoms with Gasteiger partial charge in [0, 0.05) is 43.1 Å². The standard InChI is InChI=1S/C8H7NO.C4H10N2/c10-8-5-6-3-1-2-4-7(6)9-8;1-2-6-4-3-5-1/h1-5,9-10H;5-6H,1-4H2. The third kappa shape index (κ3) is 2.98. The van der Waals surface area contributed by atoms with E-state index >= 15 is 0 Å². The van der Waals surface area contributed by atoms with Crippen LogP contribution in [0, 0.1) is 0 Å². The summed E-state index contributed by atoms with van der Waals surface area (Å²) in [6.07, 6.45) is 0. The van der Waals surface area contributed by atoms with Crippen LogP contribution >= 0.6 is 0 Å². The molecular weight excluding hydrogens is 202 g/mol. The number of aromatic amines is 1. The van der Waals surface area contributed by atoms with Crippen molar-refractivity contribution in [1.29, 1.82) is 0 Å². The number of hydrogen-bond acceptors (Lipinski definition) is 3. The maximum Gasteiger partial charge on any atom is 0.189 e. The van der Waals surface area contributed by atoms with Gasteiger partial charge in [0.25, 0.3) is 0 Å². The van der Waals surface area contributed by atoms with Crippen LogP contribution in [0.5, 0.6) is 5.88 Å². The van der Waals surface area contributed by atoms with Crippen LogP contribution in [0.1, 0.15) is 0 Å². The van der Waals surface area contributed by atoms with Gasteiger partial charge in [-0.25, -0.2) is 0 Å². The summed E-state index contributed by atoms with van der Waals surface area (Å²) in [7, 11) is 0. The fourth-order valence-corrected chi connectivity index (χ4v) is 1.66. The molecule has 0 radical (unpaired) electrons. The molecule has 1 aliphatic heterocycles. The molecule has 4 nitrogen and oxygen atoms in total. The number of aromatic nitrogens is 1. The molecule has 1 aromatic carbocycles. The molecule has 0 bridgehead atoms. The summed E-state index contributed by atoms with van der Waals surface area (Å²) in [5, 5.41) is 16.5. The van der Waals surface area contributed by atoms with Gasteiger partial charge in [-0.1, -0.05) is 18.2 Å². The smallest absolute Gasteiger partial charge is 0.189 e. The summed E-state index contributed by atoms with van der Waals surface area (Å²) >= 11 is 0. The Hall–Kier alpha value is -1.52. The first-order valence-corrected chi connectivity index (χ1v) is 5.54. The Balaban J connectivity index is 0.000000138. The minimum atomic E-state index is 0.223. The SMILES string of the molecule is C1CNCCN1.Oc1cc2ccccc2[nH]1. The zero-order chi connectivity index (χ0) is 11.2. The van der Waals surface area contributed by atoms with Gasteiger partial charge in [0.1, 0.15) is 0 Å². The Morgan fingerprint density at radius 3 is 2.12 bits per heavy atom. The van der Waals surface area contributed by atoms with Gasteiger partial charge in [-0.05, 0) is 6.07 Å². The van der Waals surface area contributed by atoms with Crippen LogP contribution in [0.15, 0.2) is 30.3 Å². The number of fused-ring (bicyclic) bond motifs is 1. The first kappa shape index (κ1) is 11.0. The van der Waals surface area contributed by atoms with Gasteiger partial charge in [0.2, 0.25) is 0 Å². The highest BCUT2D eigenvalue weighted by atomic mass is 16.3. The Morgan fingerprint density at radius 2 is 1.56 bits per heavy atom. The zero-order valence-electron chi connectivity index (χ0n) is 9.16. The van der Waals surface area contributed by atoms with Gasteiger partial charge in [-0.15, -0.1) is 0 Å². The lowest BCUT2D eigenvalue weighted by atomic mass is 10.3. The van der Waals surface area contributed by atoms with Crippen LogP contribution in [-0.4, -0.2) is 36.3 Å². The molecule has 0 atom stereocenters. The van der Waals surface area contributed by atoms with Gasteiger partial charge in [-0.3, -0.25) is 0 Å². The van der Waals surface area contributed by atoms with E-state index in [0.717, 1.165) is 37.1 Å². The van der Waals surface area contributed by atoms with E-state index in [4.69, 9.17) is 5.11 Å². The molecular formula is C12H17N3O. The molecule has 3 rings (SSSR count). The first-order valence-electron chi connectivity index (χ1n) is 5.54. The second kappa shape index (κ2) is 5.53. The summed E-state index contributed by atoms with van der Waals surface area (Å²) in [5.41, 5.74) is 0.972. The highest BCUT2D eigenvalue weighted by Gasteiger charge is 1.94. The lowest BCUT2D eigenvalue weighted by Gasteiger charge is -2.11. The average Bonchev–Trinajstić information content (AvgIpc) is 2.72. The minimum absolute atomic E-state index is 0.223. The molecule has 16 heavy (non-hydrogen) atoms. The normalized spacial score (nSPS) is 15.5. The second-order valence-electron chi connectivity index (χ2n) is 3.74. The van der Waals surface area contributed by atoms with Gasteiger partial charge in [0.05, 0.1) is 0 Å². The lowest BCUT2D eigenvalue weighted by Crippen LogP contribution is -2.39. The fourth-order valence-electron chi connectivity index (χ4n) is 1.66. The predicted molar refractivity (Wildman–Crippen MR) is 65.7 cm³/mol. The molecule has 1 saturated heterocycles. The molecule has 0 aliphatic carbocycles. The van der Waals surface area contributed by atoms with Crippen molar-refractivity contribution in [1.82, 2.24) is 15.6 Å². The van der Waals surface area contributed by atoms with Gasteiger partial charge >= 0.3 is 0 Å². The van der Waals surface area contributed by atoms with Crippen molar-refractivity contribution in [2.45, 2.75) is 0 Å². The van der Waals surface area contributed by atoms with E-state index in [9.17, 15) is 0 Å². The largest absolute Gasteiger partial charge is 0.495 e. The fraction of sp³-hybridized carbons (Fsp3) is 0.333. The van der Waals surface area contributed by atoms with Crippen molar-refractivity contribution in [3.8, 4) is 5.88 Å². The van der Waals surface area contributed by atoms with Gasteiger partial charge in [0.15, 0.2) is 5.88 Å². The van der Waals surface area contributed by atoms with Crippen molar-refractivity contribution in [2.24, 2.45) is 0 Å². The number of rotatable bonds is 0. The molecule has 0 spiro atoms. The van der Waals surface area contributed by atoms with Crippen LogP contribution < -0.4 is 10.6 Å². The van der Waals surface area contributed by atoms with Crippen molar-refractivity contribution < 1.29 is 5.11 Å². The maximum atomic E-state index is 9.00. The summed E-state index contributed by atoms with van der Waals surface area (Å²) in [6, 6.07) is 9.45. The predicted octanol–water partition coefficient (Wildman–Crippen LogP) is 1.05. The van der Waals surface area contributed by atoms with Crippen molar-refractivity contribution in [3.63, 3.8) is 0 Å². The topological polar surface area (TPSA) is 60.1 Å². The number of benzene rings is 1. The third-order valence-corrected chi connectivity index (χ3v) is 2.47. The average molecular weight is 219 g/mol. The molecule has 4 N–H and O–H groups in total. The van der Waals surface area contributed by atoms with Crippen LogP contribution in [0.2, 0.25) is 0 Å². The van der Waals surface area contributed by atoms with Gasteiger partial charge in [-0.2, -0.15) is 0 Å². The van der Waals surface area contributed by atoms with E-state index in [-0.39, 0.29) is 5.88 Å². The molecule has 1 aliphatic rings. The maximum absolute atomic E-state index is 9.00. The highest BCUT2D eigenvalue weighted by Crippen LogP contribution is 2.17. The van der Waals surface area contributed by atoms with E-state index in [2.05, 4.69) is 15.6 Å². The quantitative estimate of drug-likeness (QED) is 0.536. The number of hydrogen-bond donors (Lipinski definition) is 4. The zero-order valence-corrected chi connectivity index (χ0v) is 9.16. The summed E-state index contributed by atoms with van der Waals surface area (Å²) in [5.74, 6) is 0.223. The Bertz CT molecular complexity index is 390. The van der Waals surface area contributed by atoms with Crippen molar-refractivity contribution in [3.05, 3.63) is 30.3 Å². The van der Waals surface area contributed by atoms with E-state index in [1.54, 1.807) is 6.07 Å². The number of H-pyrrole nitrogens is 1. The molecule has 0 amide bonds.